The molecule has 0 fully saturated rings. The van der Waals surface area contributed by atoms with Crippen LogP contribution in [0, 0.1) is 5.92 Å². The molecule has 0 saturated carbocycles. The number of hydrogen-bond donors (Lipinski definition) is 2. The van der Waals surface area contributed by atoms with Gasteiger partial charge in [0.2, 0.25) is 0 Å². The fourth-order valence-electron chi connectivity index (χ4n) is 4.17. The van der Waals surface area contributed by atoms with E-state index in [2.05, 4.69) is 31.7 Å². The Balaban J connectivity index is 1.49. The summed E-state index contributed by atoms with van der Waals surface area (Å²) in [5.74, 6) is 1.08. The topological polar surface area (TPSA) is 84.8 Å². The zero-order valence-corrected chi connectivity index (χ0v) is 18.4. The second-order valence-electron chi connectivity index (χ2n) is 8.17. The van der Waals surface area contributed by atoms with Crippen molar-refractivity contribution in [1.29, 1.82) is 0 Å². The molecule has 170 valence electrons. The highest BCUT2D eigenvalue weighted by Crippen LogP contribution is 2.33. The number of amides is 1. The van der Waals surface area contributed by atoms with Gasteiger partial charge in [0.25, 0.3) is 5.91 Å². The van der Waals surface area contributed by atoms with Crippen molar-refractivity contribution in [3.8, 4) is 17.0 Å². The average Bonchev–Trinajstić information content (AvgIpc) is 3.41. The molecule has 0 radical (unpaired) electrons. The number of halogens is 3. The lowest BCUT2D eigenvalue weighted by molar-refractivity contribution is -0.0964. The monoisotopic (exact) mass is 471 g/mol. The molecule has 2 aromatic heterocycles. The molecule has 7 nitrogen and oxygen atoms in total. The summed E-state index contributed by atoms with van der Waals surface area (Å²) in [6, 6.07) is 11.0. The molecule has 1 amide bonds. The van der Waals surface area contributed by atoms with E-state index in [0.717, 1.165) is 47.5 Å². The number of rotatable bonds is 5. The maximum Gasteiger partial charge on any atom is 0.487 e. The van der Waals surface area contributed by atoms with Gasteiger partial charge in [-0.05, 0) is 54.8 Å². The molecule has 0 spiro atoms. The van der Waals surface area contributed by atoms with Crippen LogP contribution in [0.5, 0.6) is 5.75 Å². The van der Waals surface area contributed by atoms with Crippen LogP contribution in [0.3, 0.4) is 0 Å². The largest absolute Gasteiger partial charge is 0.487 e. The number of carbonyl (C=O) groups is 1. The minimum Gasteiger partial charge on any atom is -0.420 e. The molecule has 33 heavy (non-hydrogen) atoms. The van der Waals surface area contributed by atoms with Gasteiger partial charge in [-0.3, -0.25) is 9.89 Å². The number of aromatic nitrogens is 4. The van der Waals surface area contributed by atoms with Gasteiger partial charge in [-0.1, -0.05) is 6.92 Å². The number of carbonyl (C=O) groups excluding carboxylic acids is 1. The van der Waals surface area contributed by atoms with Gasteiger partial charge in [0.05, 0.1) is 16.7 Å². The Bertz CT molecular complexity index is 1310. The summed E-state index contributed by atoms with van der Waals surface area (Å²) in [6.07, 6.45) is 3.62. The molecule has 0 aliphatic carbocycles. The van der Waals surface area contributed by atoms with Crippen LogP contribution < -0.4 is 10.1 Å². The molecule has 3 heterocycles. The third-order valence-corrected chi connectivity index (χ3v) is 5.75. The minimum absolute atomic E-state index is 0.117. The fourth-order valence-corrected chi connectivity index (χ4v) is 4.26. The van der Waals surface area contributed by atoms with Crippen LogP contribution in [0.4, 0.5) is 14.5 Å². The van der Waals surface area contributed by atoms with Gasteiger partial charge in [0, 0.05) is 47.6 Å². The Morgan fingerprint density at radius 2 is 2.06 bits per heavy atom. The molecule has 4 aromatic rings. The van der Waals surface area contributed by atoms with Crippen LogP contribution >= 0.6 is 11.6 Å². The van der Waals surface area contributed by atoms with E-state index in [1.54, 1.807) is 12.3 Å². The van der Waals surface area contributed by atoms with Gasteiger partial charge in [-0.15, -0.1) is 8.78 Å². The molecule has 10 heteroatoms. The number of hydrogen-bond acceptors (Lipinski definition) is 4. The number of fused-ring (bicyclic) bond motifs is 3. The number of benzene rings is 2. The quantitative estimate of drug-likeness (QED) is 0.380. The predicted octanol–water partition coefficient (Wildman–Crippen LogP) is 5.43. The van der Waals surface area contributed by atoms with Crippen molar-refractivity contribution in [3.05, 3.63) is 60.0 Å². The normalized spacial score (nSPS) is 15.9. The van der Waals surface area contributed by atoms with Crippen LogP contribution in [-0.4, -0.2) is 31.2 Å². The molecule has 1 atom stereocenters. The fraction of sp³-hybridized carbons (Fsp3) is 0.261. The summed E-state index contributed by atoms with van der Waals surface area (Å²) in [5, 5.41) is 9.83. The molecule has 0 bridgehead atoms. The van der Waals surface area contributed by atoms with Crippen molar-refractivity contribution in [3.63, 3.8) is 0 Å². The average molecular weight is 472 g/mol. The first kappa shape index (κ1) is 21.4. The van der Waals surface area contributed by atoms with E-state index in [9.17, 15) is 13.6 Å². The van der Waals surface area contributed by atoms with E-state index in [0.29, 0.717) is 17.2 Å². The molecule has 1 aliphatic heterocycles. The van der Waals surface area contributed by atoms with E-state index in [-0.39, 0.29) is 11.7 Å². The summed E-state index contributed by atoms with van der Waals surface area (Å²) in [7, 11) is 0. The number of H-pyrrole nitrogens is 1. The lowest BCUT2D eigenvalue weighted by atomic mass is 10.0. The third-order valence-electron chi connectivity index (χ3n) is 5.67. The molecule has 0 unspecified atom stereocenters. The van der Waals surface area contributed by atoms with Crippen molar-refractivity contribution >= 4 is 34.2 Å². The molecular formula is C23H20ClF2N5O2. The standard InChI is InChI=1S/C23H20ClF2N5O2/c1-13-2-7-20-29-19-11-14(10-17(18-8-9-27-30-18)21(19)31(20)12-13)22(32)28-15-3-5-16(6-4-15)33-23(24,25)26/h3-6,8-11,13H,2,7,12H2,1H3,(H,27,30)(H,28,32)/t13-/m1/s1. The van der Waals surface area contributed by atoms with Gasteiger partial charge in [-0.2, -0.15) is 5.10 Å². The van der Waals surface area contributed by atoms with Crippen molar-refractivity contribution in [1.82, 2.24) is 19.7 Å². The van der Waals surface area contributed by atoms with E-state index in [1.165, 1.54) is 24.3 Å². The lowest BCUT2D eigenvalue weighted by Gasteiger charge is -2.21. The highest BCUT2D eigenvalue weighted by molar-refractivity contribution is 6.20. The maximum absolute atomic E-state index is 13.0. The highest BCUT2D eigenvalue weighted by atomic mass is 35.5. The Morgan fingerprint density at radius 1 is 1.27 bits per heavy atom. The Labute approximate surface area is 192 Å². The summed E-state index contributed by atoms with van der Waals surface area (Å²) in [6.45, 7) is 3.09. The third kappa shape index (κ3) is 4.41. The first-order valence-corrected chi connectivity index (χ1v) is 10.8. The molecule has 2 N–H and O–H groups in total. The number of imidazole rings is 1. The van der Waals surface area contributed by atoms with Crippen LogP contribution in [0.1, 0.15) is 29.5 Å². The van der Waals surface area contributed by atoms with Gasteiger partial charge in [0.1, 0.15) is 11.6 Å². The first-order chi connectivity index (χ1) is 15.8. The Morgan fingerprint density at radius 3 is 2.76 bits per heavy atom. The number of aromatic amines is 1. The molecule has 0 saturated heterocycles. The van der Waals surface area contributed by atoms with Crippen molar-refractivity contribution in [2.75, 3.05) is 5.32 Å². The second kappa shape index (κ2) is 8.15. The number of ether oxygens (including phenoxy) is 1. The van der Waals surface area contributed by atoms with E-state index in [4.69, 9.17) is 16.6 Å². The summed E-state index contributed by atoms with van der Waals surface area (Å²) >= 11 is 4.78. The molecule has 5 rings (SSSR count). The zero-order valence-electron chi connectivity index (χ0n) is 17.6. The van der Waals surface area contributed by atoms with Crippen molar-refractivity contribution in [2.24, 2.45) is 5.92 Å². The minimum atomic E-state index is -3.80. The molecule has 1 aliphatic rings. The Hall–Kier alpha value is -3.46. The predicted molar refractivity (Wildman–Crippen MR) is 121 cm³/mol. The number of nitrogens with one attached hydrogen (secondary N) is 2. The van der Waals surface area contributed by atoms with E-state index >= 15 is 0 Å². The summed E-state index contributed by atoms with van der Waals surface area (Å²) < 4.78 is 32.1. The van der Waals surface area contributed by atoms with Crippen molar-refractivity contribution in [2.45, 2.75) is 31.9 Å². The van der Waals surface area contributed by atoms with Crippen LogP contribution in [-0.2, 0) is 13.0 Å². The van der Waals surface area contributed by atoms with Gasteiger partial charge >= 0.3 is 5.57 Å². The van der Waals surface area contributed by atoms with Crippen molar-refractivity contribution < 1.29 is 18.3 Å². The second-order valence-corrected chi connectivity index (χ2v) is 8.61. The Kier molecular flexibility index (Phi) is 5.28. The number of nitrogens with zero attached hydrogens (tertiary/aromatic N) is 3. The smallest absolute Gasteiger partial charge is 0.420 e. The van der Waals surface area contributed by atoms with Crippen LogP contribution in [0.15, 0.2) is 48.7 Å². The lowest BCUT2D eigenvalue weighted by Crippen LogP contribution is -2.18. The SMILES string of the molecule is C[C@@H]1CCc2nc3cc(C(=O)Nc4ccc(OC(F)(F)Cl)cc4)cc(-c4ccn[nH]4)c3n2C1. The zero-order chi connectivity index (χ0) is 23.2. The van der Waals surface area contributed by atoms with E-state index in [1.807, 2.05) is 12.1 Å². The van der Waals surface area contributed by atoms with Gasteiger partial charge < -0.3 is 14.6 Å². The number of alkyl halides is 3. The molecular weight excluding hydrogens is 452 g/mol. The number of anilines is 1. The van der Waals surface area contributed by atoms with Crippen LogP contribution in [0.2, 0.25) is 0 Å². The highest BCUT2D eigenvalue weighted by Gasteiger charge is 2.27. The molecule has 2 aromatic carbocycles. The number of aryl methyl sites for hydroxylation is 1. The van der Waals surface area contributed by atoms with Gasteiger partial charge in [0.15, 0.2) is 0 Å². The van der Waals surface area contributed by atoms with Crippen LogP contribution in [0.25, 0.3) is 22.3 Å². The summed E-state index contributed by atoms with van der Waals surface area (Å²) in [4.78, 5) is 17.8. The summed E-state index contributed by atoms with van der Waals surface area (Å²) in [5.41, 5.74) is 0.389. The first-order valence-electron chi connectivity index (χ1n) is 10.5. The van der Waals surface area contributed by atoms with E-state index < -0.39 is 5.57 Å². The van der Waals surface area contributed by atoms with Gasteiger partial charge in [-0.25, -0.2) is 4.98 Å². The maximum atomic E-state index is 13.0.